The van der Waals surface area contributed by atoms with E-state index in [1.807, 2.05) is 18.2 Å². The Bertz CT molecular complexity index is 617. The number of Topliss-reactive ketones (excluding diaryl/α,β-unsaturated/α-hetero) is 1. The predicted molar refractivity (Wildman–Crippen MR) is 95.4 cm³/mol. The summed E-state index contributed by atoms with van der Waals surface area (Å²) >= 11 is 5.63. The zero-order valence-corrected chi connectivity index (χ0v) is 15.2. The molecule has 0 amide bonds. The van der Waals surface area contributed by atoms with E-state index >= 15 is 0 Å². The average Bonchev–Trinajstić information content (AvgIpc) is 2.42. The summed E-state index contributed by atoms with van der Waals surface area (Å²) in [4.78, 5) is 12.4. The normalized spacial score (nSPS) is 10.8. The van der Waals surface area contributed by atoms with Crippen molar-refractivity contribution in [1.82, 2.24) is 0 Å². The van der Waals surface area contributed by atoms with E-state index in [9.17, 15) is 4.79 Å². The Morgan fingerprint density at radius 3 is 2.40 bits per heavy atom. The maximum absolute atomic E-state index is 12.4. The molecular formula is C17H16BrIO. The summed E-state index contributed by atoms with van der Waals surface area (Å²) in [6.45, 7) is 4.34. The van der Waals surface area contributed by atoms with Crippen LogP contribution >= 0.6 is 38.5 Å². The number of hydrogen-bond acceptors (Lipinski definition) is 1. The van der Waals surface area contributed by atoms with E-state index in [0.717, 1.165) is 19.2 Å². The van der Waals surface area contributed by atoms with Crippen LogP contribution in [-0.2, 0) is 6.42 Å². The van der Waals surface area contributed by atoms with E-state index < -0.39 is 0 Å². The van der Waals surface area contributed by atoms with Gasteiger partial charge >= 0.3 is 0 Å². The second-order valence-corrected chi connectivity index (χ2v) is 7.20. The van der Waals surface area contributed by atoms with Gasteiger partial charge in [0.05, 0.1) is 0 Å². The molecule has 0 aliphatic heterocycles. The molecule has 20 heavy (non-hydrogen) atoms. The van der Waals surface area contributed by atoms with Crippen LogP contribution in [0.2, 0.25) is 0 Å². The Morgan fingerprint density at radius 1 is 1.15 bits per heavy atom. The Hall–Kier alpha value is -0.680. The molecule has 0 aliphatic carbocycles. The summed E-state index contributed by atoms with van der Waals surface area (Å²) in [7, 11) is 0. The zero-order valence-electron chi connectivity index (χ0n) is 11.5. The molecule has 0 spiro atoms. The summed E-state index contributed by atoms with van der Waals surface area (Å²) < 4.78 is 1.94. The number of hydrogen-bond donors (Lipinski definition) is 0. The van der Waals surface area contributed by atoms with Gasteiger partial charge in [-0.1, -0.05) is 54.0 Å². The lowest BCUT2D eigenvalue weighted by Crippen LogP contribution is -2.06. The van der Waals surface area contributed by atoms with Crippen LogP contribution in [0.5, 0.6) is 0 Å². The molecule has 1 nitrogen and oxygen atoms in total. The highest BCUT2D eigenvalue weighted by molar-refractivity contribution is 14.1. The summed E-state index contributed by atoms with van der Waals surface area (Å²) in [6.07, 6.45) is 0.449. The molecule has 2 rings (SSSR count). The first-order valence-corrected chi connectivity index (χ1v) is 8.41. The maximum Gasteiger partial charge on any atom is 0.168 e. The van der Waals surface area contributed by atoms with E-state index in [4.69, 9.17) is 0 Å². The molecule has 2 aromatic rings. The first kappa shape index (κ1) is 15.7. The Balaban J connectivity index is 2.17. The van der Waals surface area contributed by atoms with Crippen LogP contribution in [0.3, 0.4) is 0 Å². The zero-order chi connectivity index (χ0) is 14.7. The van der Waals surface area contributed by atoms with Gasteiger partial charge in [-0.25, -0.2) is 0 Å². The Morgan fingerprint density at radius 2 is 1.80 bits per heavy atom. The number of benzene rings is 2. The third-order valence-electron chi connectivity index (χ3n) is 3.24. The summed E-state index contributed by atoms with van der Waals surface area (Å²) in [5, 5.41) is 0. The highest BCUT2D eigenvalue weighted by atomic mass is 127. The summed E-state index contributed by atoms with van der Waals surface area (Å²) in [5.74, 6) is 0.679. The third-order valence-corrected chi connectivity index (χ3v) is 4.67. The molecule has 0 unspecified atom stereocenters. The molecule has 0 heterocycles. The first-order chi connectivity index (χ1) is 9.47. The summed E-state index contributed by atoms with van der Waals surface area (Å²) in [6, 6.07) is 14.1. The minimum atomic E-state index is 0.160. The van der Waals surface area contributed by atoms with Crippen LogP contribution < -0.4 is 0 Å². The molecule has 3 heteroatoms. The monoisotopic (exact) mass is 442 g/mol. The van der Waals surface area contributed by atoms with E-state index in [1.165, 1.54) is 5.56 Å². The Labute approximate surface area is 142 Å². The second kappa shape index (κ2) is 6.85. The number of carbonyl (C=O) groups is 1. The molecule has 0 N–H and O–H groups in total. The lowest BCUT2D eigenvalue weighted by Gasteiger charge is -2.08. The van der Waals surface area contributed by atoms with Crippen molar-refractivity contribution in [2.24, 2.45) is 0 Å². The molecule has 0 saturated heterocycles. The quantitative estimate of drug-likeness (QED) is 0.444. The van der Waals surface area contributed by atoms with Gasteiger partial charge in [0, 0.05) is 20.0 Å². The standard InChI is InChI=1S/C17H16BrIO/c1-11(2)13-5-3-12(4-6-13)9-17(20)15-10-14(18)7-8-16(15)19/h3-8,10-11H,9H2,1-2H3. The van der Waals surface area contributed by atoms with Crippen molar-refractivity contribution in [2.75, 3.05) is 0 Å². The average molecular weight is 443 g/mol. The maximum atomic E-state index is 12.4. The number of rotatable bonds is 4. The van der Waals surface area contributed by atoms with Crippen LogP contribution in [0.15, 0.2) is 46.9 Å². The van der Waals surface area contributed by atoms with E-state index in [-0.39, 0.29) is 5.78 Å². The number of ketones is 1. The van der Waals surface area contributed by atoms with Gasteiger partial charge in [-0.05, 0) is 57.8 Å². The molecule has 0 fully saturated rings. The molecule has 0 atom stereocenters. The lowest BCUT2D eigenvalue weighted by molar-refractivity contribution is 0.0992. The second-order valence-electron chi connectivity index (χ2n) is 5.12. The van der Waals surface area contributed by atoms with Crippen LogP contribution in [0, 0.1) is 3.57 Å². The van der Waals surface area contributed by atoms with Crippen molar-refractivity contribution >= 4 is 44.3 Å². The highest BCUT2D eigenvalue weighted by Gasteiger charge is 2.11. The molecule has 0 saturated carbocycles. The minimum Gasteiger partial charge on any atom is -0.294 e. The van der Waals surface area contributed by atoms with Crippen LogP contribution in [0.1, 0.15) is 41.3 Å². The molecule has 2 aromatic carbocycles. The molecular weight excluding hydrogens is 427 g/mol. The highest BCUT2D eigenvalue weighted by Crippen LogP contribution is 2.21. The van der Waals surface area contributed by atoms with Gasteiger partial charge in [0.1, 0.15) is 0 Å². The van der Waals surface area contributed by atoms with Gasteiger partial charge < -0.3 is 0 Å². The molecule has 104 valence electrons. The smallest absolute Gasteiger partial charge is 0.168 e. The van der Waals surface area contributed by atoms with Gasteiger partial charge in [0.25, 0.3) is 0 Å². The van der Waals surface area contributed by atoms with Crippen molar-refractivity contribution in [3.05, 3.63) is 67.2 Å². The Kier molecular flexibility index (Phi) is 5.38. The van der Waals surface area contributed by atoms with Gasteiger partial charge in [-0.2, -0.15) is 0 Å². The van der Waals surface area contributed by atoms with Gasteiger partial charge in [-0.3, -0.25) is 4.79 Å². The fraction of sp³-hybridized carbons (Fsp3) is 0.235. The minimum absolute atomic E-state index is 0.160. The van der Waals surface area contributed by atoms with Crippen molar-refractivity contribution < 1.29 is 4.79 Å². The van der Waals surface area contributed by atoms with Crippen LogP contribution in [0.4, 0.5) is 0 Å². The molecule has 0 radical (unpaired) electrons. The van der Waals surface area contributed by atoms with E-state index in [0.29, 0.717) is 12.3 Å². The predicted octanol–water partition coefficient (Wildman–Crippen LogP) is 5.60. The fourth-order valence-electron chi connectivity index (χ4n) is 2.01. The molecule has 0 aliphatic rings. The van der Waals surface area contributed by atoms with Crippen molar-refractivity contribution in [2.45, 2.75) is 26.2 Å². The van der Waals surface area contributed by atoms with E-state index in [2.05, 4.69) is 76.6 Å². The van der Waals surface area contributed by atoms with Crippen molar-refractivity contribution in [3.63, 3.8) is 0 Å². The van der Waals surface area contributed by atoms with Crippen molar-refractivity contribution in [3.8, 4) is 0 Å². The third kappa shape index (κ3) is 3.92. The largest absolute Gasteiger partial charge is 0.294 e. The topological polar surface area (TPSA) is 17.1 Å². The molecule has 0 aromatic heterocycles. The van der Waals surface area contributed by atoms with Gasteiger partial charge in [0.2, 0.25) is 0 Å². The SMILES string of the molecule is CC(C)c1ccc(CC(=O)c2cc(Br)ccc2I)cc1. The molecule has 0 bridgehead atoms. The number of carbonyl (C=O) groups excluding carboxylic acids is 1. The first-order valence-electron chi connectivity index (χ1n) is 6.54. The van der Waals surface area contributed by atoms with Crippen LogP contribution in [0.25, 0.3) is 0 Å². The van der Waals surface area contributed by atoms with Gasteiger partial charge in [-0.15, -0.1) is 0 Å². The van der Waals surface area contributed by atoms with Crippen LogP contribution in [-0.4, -0.2) is 5.78 Å². The van der Waals surface area contributed by atoms with Gasteiger partial charge in [0.15, 0.2) is 5.78 Å². The van der Waals surface area contributed by atoms with Crippen molar-refractivity contribution in [1.29, 1.82) is 0 Å². The lowest BCUT2D eigenvalue weighted by atomic mass is 9.98. The van der Waals surface area contributed by atoms with E-state index in [1.54, 1.807) is 0 Å². The summed E-state index contributed by atoms with van der Waals surface area (Å²) in [5.41, 5.74) is 3.15. The number of halogens is 2. The fourth-order valence-corrected chi connectivity index (χ4v) is 3.01.